The van der Waals surface area contributed by atoms with E-state index in [-0.39, 0.29) is 22.6 Å². The maximum absolute atomic E-state index is 10.3. The van der Waals surface area contributed by atoms with Crippen LogP contribution in [-0.2, 0) is 17.1 Å². The van der Waals surface area contributed by atoms with Crippen molar-refractivity contribution in [2.75, 3.05) is 0 Å². The number of hydrogen-bond acceptors (Lipinski definition) is 3. The fraction of sp³-hybridized carbons (Fsp3) is 0. The molecule has 0 unspecified atom stereocenters. The van der Waals surface area contributed by atoms with Crippen molar-refractivity contribution in [2.45, 2.75) is 0 Å². The van der Waals surface area contributed by atoms with E-state index in [1.165, 1.54) is 18.2 Å². The zero-order valence-electron chi connectivity index (χ0n) is 5.78. The number of carboxylic acids is 1. The topological polar surface area (TPSA) is 77.8 Å². The number of rotatable bonds is 1. The van der Waals surface area contributed by atoms with Gasteiger partial charge in [0.15, 0.2) is 11.5 Å². The third kappa shape index (κ3) is 1.90. The van der Waals surface area contributed by atoms with E-state index in [2.05, 4.69) is 0 Å². The van der Waals surface area contributed by atoms with Crippen molar-refractivity contribution in [1.82, 2.24) is 0 Å². The zero-order valence-corrected chi connectivity index (χ0v) is 6.73. The maximum Gasteiger partial charge on any atom is 0.339 e. The quantitative estimate of drug-likeness (QED) is 0.480. The van der Waals surface area contributed by atoms with Gasteiger partial charge in [0.2, 0.25) is 0 Å². The molecule has 1 rings (SSSR count). The van der Waals surface area contributed by atoms with Crippen LogP contribution in [-0.4, -0.2) is 21.3 Å². The SMILES string of the molecule is O=C(O)c1cccc(O)c1O.[Cu]. The van der Waals surface area contributed by atoms with Crippen LogP contribution in [0.15, 0.2) is 18.2 Å². The number of phenolic OH excluding ortho intramolecular Hbond substituents is 1. The van der Waals surface area contributed by atoms with Gasteiger partial charge in [-0.1, -0.05) is 6.07 Å². The van der Waals surface area contributed by atoms with Crippen LogP contribution in [0.2, 0.25) is 0 Å². The first-order valence-electron chi connectivity index (χ1n) is 2.87. The van der Waals surface area contributed by atoms with Gasteiger partial charge < -0.3 is 15.3 Å². The molecular formula is C7H6CuO4. The Labute approximate surface area is 78.9 Å². The second-order valence-electron chi connectivity index (χ2n) is 1.98. The summed E-state index contributed by atoms with van der Waals surface area (Å²) in [6, 6.07) is 3.76. The summed E-state index contributed by atoms with van der Waals surface area (Å²) in [7, 11) is 0. The van der Waals surface area contributed by atoms with E-state index in [4.69, 9.17) is 15.3 Å². The summed E-state index contributed by atoms with van der Waals surface area (Å²) in [6.45, 7) is 0. The first-order valence-corrected chi connectivity index (χ1v) is 2.87. The molecule has 0 saturated heterocycles. The van der Waals surface area contributed by atoms with Gasteiger partial charge in [-0.25, -0.2) is 4.79 Å². The van der Waals surface area contributed by atoms with Gasteiger partial charge in [-0.2, -0.15) is 0 Å². The molecule has 0 atom stereocenters. The van der Waals surface area contributed by atoms with Gasteiger partial charge in [0.1, 0.15) is 5.56 Å². The molecule has 0 saturated carbocycles. The molecule has 0 heterocycles. The first kappa shape index (κ1) is 10.8. The number of para-hydroxylation sites is 1. The van der Waals surface area contributed by atoms with Gasteiger partial charge in [-0.3, -0.25) is 0 Å². The Hall–Kier alpha value is -1.19. The van der Waals surface area contributed by atoms with Crippen LogP contribution in [0.4, 0.5) is 0 Å². The molecule has 0 spiro atoms. The van der Waals surface area contributed by atoms with E-state index in [0.29, 0.717) is 0 Å². The normalized spacial score (nSPS) is 8.67. The first-order chi connectivity index (χ1) is 5.13. The van der Waals surface area contributed by atoms with Gasteiger partial charge >= 0.3 is 5.97 Å². The summed E-state index contributed by atoms with van der Waals surface area (Å²) in [6.07, 6.45) is 0. The Bertz CT molecular complexity index is 297. The van der Waals surface area contributed by atoms with Crippen molar-refractivity contribution in [3.05, 3.63) is 23.8 Å². The molecule has 12 heavy (non-hydrogen) atoms. The Morgan fingerprint density at radius 2 is 1.83 bits per heavy atom. The second kappa shape index (κ2) is 3.99. The molecular weight excluding hydrogens is 212 g/mol. The Balaban J connectivity index is 0.00000121. The van der Waals surface area contributed by atoms with Crippen LogP contribution in [0.3, 0.4) is 0 Å². The Morgan fingerprint density at radius 3 is 2.25 bits per heavy atom. The average Bonchev–Trinajstić information content (AvgIpc) is 1.94. The summed E-state index contributed by atoms with van der Waals surface area (Å²) in [5, 5.41) is 26.2. The van der Waals surface area contributed by atoms with Gasteiger partial charge in [-0.05, 0) is 12.1 Å². The number of benzene rings is 1. The standard InChI is InChI=1S/C7H6O4.Cu/c8-5-3-1-2-4(6(5)9)7(10)11;/h1-3,8-9H,(H,10,11);. The largest absolute Gasteiger partial charge is 0.504 e. The molecule has 0 bridgehead atoms. The van der Waals surface area contributed by atoms with Crippen LogP contribution < -0.4 is 0 Å². The summed E-state index contributed by atoms with van der Waals surface area (Å²) in [5.74, 6) is -2.29. The van der Waals surface area contributed by atoms with Gasteiger partial charge in [0.25, 0.3) is 0 Å². The molecule has 0 aromatic heterocycles. The summed E-state index contributed by atoms with van der Waals surface area (Å²) in [4.78, 5) is 10.3. The number of aromatic hydroxyl groups is 2. The van der Waals surface area contributed by atoms with Crippen LogP contribution in [0.5, 0.6) is 11.5 Å². The van der Waals surface area contributed by atoms with E-state index >= 15 is 0 Å². The predicted octanol–water partition coefficient (Wildman–Crippen LogP) is 0.793. The van der Waals surface area contributed by atoms with Crippen molar-refractivity contribution in [2.24, 2.45) is 0 Å². The van der Waals surface area contributed by atoms with Gasteiger partial charge in [-0.15, -0.1) is 0 Å². The fourth-order valence-corrected chi connectivity index (χ4v) is 0.704. The molecule has 1 radical (unpaired) electrons. The number of hydrogen-bond donors (Lipinski definition) is 3. The number of phenols is 2. The maximum atomic E-state index is 10.3. The third-order valence-corrected chi connectivity index (χ3v) is 1.25. The van der Waals surface area contributed by atoms with E-state index < -0.39 is 17.5 Å². The molecule has 69 valence electrons. The third-order valence-electron chi connectivity index (χ3n) is 1.25. The van der Waals surface area contributed by atoms with E-state index in [0.717, 1.165) is 0 Å². The van der Waals surface area contributed by atoms with Crippen molar-refractivity contribution < 1.29 is 37.2 Å². The van der Waals surface area contributed by atoms with Crippen LogP contribution in [0, 0.1) is 0 Å². The minimum Gasteiger partial charge on any atom is -0.504 e. The molecule has 0 aliphatic rings. The zero-order chi connectivity index (χ0) is 8.43. The van der Waals surface area contributed by atoms with E-state index in [1.54, 1.807) is 0 Å². The second-order valence-corrected chi connectivity index (χ2v) is 1.98. The number of carbonyl (C=O) groups is 1. The molecule has 1 aromatic carbocycles. The van der Waals surface area contributed by atoms with Crippen LogP contribution >= 0.6 is 0 Å². The summed E-state index contributed by atoms with van der Waals surface area (Å²) < 4.78 is 0. The number of carboxylic acid groups (broad SMARTS) is 1. The van der Waals surface area contributed by atoms with Crippen LogP contribution in [0.25, 0.3) is 0 Å². The average molecular weight is 218 g/mol. The Kier molecular flexibility index (Phi) is 3.60. The monoisotopic (exact) mass is 217 g/mol. The van der Waals surface area contributed by atoms with Gasteiger partial charge in [0, 0.05) is 17.1 Å². The van der Waals surface area contributed by atoms with Crippen molar-refractivity contribution in [3.63, 3.8) is 0 Å². The van der Waals surface area contributed by atoms with Crippen LogP contribution in [0.1, 0.15) is 10.4 Å². The molecule has 0 fully saturated rings. The molecule has 4 nitrogen and oxygen atoms in total. The Morgan fingerprint density at radius 1 is 1.25 bits per heavy atom. The molecule has 5 heteroatoms. The fourth-order valence-electron chi connectivity index (χ4n) is 0.704. The van der Waals surface area contributed by atoms with Crippen molar-refractivity contribution in [1.29, 1.82) is 0 Å². The summed E-state index contributed by atoms with van der Waals surface area (Å²) >= 11 is 0. The molecule has 0 amide bonds. The summed E-state index contributed by atoms with van der Waals surface area (Å²) in [5.41, 5.74) is -0.301. The predicted molar refractivity (Wildman–Crippen MR) is 36.7 cm³/mol. The number of aromatic carboxylic acids is 1. The van der Waals surface area contributed by atoms with Gasteiger partial charge in [0.05, 0.1) is 0 Å². The van der Waals surface area contributed by atoms with E-state index in [9.17, 15) is 4.79 Å². The molecule has 3 N–H and O–H groups in total. The molecule has 0 aliphatic carbocycles. The minimum absolute atomic E-state index is 0. The van der Waals surface area contributed by atoms with Crippen molar-refractivity contribution >= 4 is 5.97 Å². The molecule has 0 aliphatic heterocycles. The minimum atomic E-state index is -1.27. The van der Waals surface area contributed by atoms with Crippen molar-refractivity contribution in [3.8, 4) is 11.5 Å². The molecule has 1 aromatic rings. The van der Waals surface area contributed by atoms with E-state index in [1.807, 2.05) is 0 Å². The smallest absolute Gasteiger partial charge is 0.339 e.